The van der Waals surface area contributed by atoms with Crippen LogP contribution in [0.15, 0.2) is 12.4 Å². The van der Waals surface area contributed by atoms with Gasteiger partial charge in [-0.05, 0) is 27.7 Å². The Morgan fingerprint density at radius 2 is 2.20 bits per heavy atom. The summed E-state index contributed by atoms with van der Waals surface area (Å²) in [6, 6.07) is 0.708. The molecule has 1 rings (SSSR count). The Labute approximate surface area is 91.7 Å². The molecule has 1 N–H and O–H groups in total. The van der Waals surface area contributed by atoms with Crippen LogP contribution in [0.25, 0.3) is 0 Å². The van der Waals surface area contributed by atoms with Crippen LogP contribution >= 0.6 is 0 Å². The summed E-state index contributed by atoms with van der Waals surface area (Å²) in [7, 11) is 0. The van der Waals surface area contributed by atoms with Crippen molar-refractivity contribution in [3.8, 4) is 0 Å². The Bertz CT molecular complexity index is 283. The van der Waals surface area contributed by atoms with Gasteiger partial charge in [-0.25, -0.2) is 4.98 Å². The molecule has 0 amide bonds. The van der Waals surface area contributed by atoms with Crippen molar-refractivity contribution < 1.29 is 4.74 Å². The van der Waals surface area contributed by atoms with E-state index in [4.69, 9.17) is 4.74 Å². The van der Waals surface area contributed by atoms with E-state index in [2.05, 4.69) is 35.6 Å². The number of ether oxygens (including phenoxy) is 1. The fourth-order valence-electron chi connectivity index (χ4n) is 1.41. The first-order chi connectivity index (χ1) is 7.15. The average molecular weight is 211 g/mol. The Morgan fingerprint density at radius 1 is 1.47 bits per heavy atom. The number of anilines is 1. The predicted molar refractivity (Wildman–Crippen MR) is 62.2 cm³/mol. The highest BCUT2D eigenvalue weighted by Gasteiger charge is 2.10. The first-order valence-electron chi connectivity index (χ1n) is 5.52. The summed E-state index contributed by atoms with van der Waals surface area (Å²) >= 11 is 0. The van der Waals surface area contributed by atoms with Crippen molar-refractivity contribution >= 4 is 5.95 Å². The zero-order chi connectivity index (χ0) is 11.3. The Morgan fingerprint density at radius 3 is 2.80 bits per heavy atom. The van der Waals surface area contributed by atoms with Crippen LogP contribution in [0.3, 0.4) is 0 Å². The highest BCUT2D eigenvalue weighted by molar-refractivity contribution is 5.27. The van der Waals surface area contributed by atoms with Gasteiger partial charge in [-0.15, -0.1) is 0 Å². The van der Waals surface area contributed by atoms with Crippen molar-refractivity contribution in [3.05, 3.63) is 12.4 Å². The number of nitrogens with zero attached hydrogens (tertiary/aromatic N) is 2. The number of hydrogen-bond donors (Lipinski definition) is 1. The molecule has 1 aromatic rings. The van der Waals surface area contributed by atoms with Crippen LogP contribution in [0, 0.1) is 0 Å². The fourth-order valence-corrected chi connectivity index (χ4v) is 1.41. The van der Waals surface area contributed by atoms with Gasteiger partial charge in [-0.2, -0.15) is 0 Å². The quantitative estimate of drug-likeness (QED) is 0.784. The molecule has 0 spiro atoms. The molecule has 1 unspecified atom stereocenters. The average Bonchev–Trinajstić information content (AvgIpc) is 2.61. The molecule has 0 aliphatic rings. The van der Waals surface area contributed by atoms with E-state index in [1.54, 1.807) is 0 Å². The van der Waals surface area contributed by atoms with Gasteiger partial charge >= 0.3 is 0 Å². The number of aromatic nitrogens is 2. The van der Waals surface area contributed by atoms with Gasteiger partial charge in [0.15, 0.2) is 0 Å². The van der Waals surface area contributed by atoms with Gasteiger partial charge in [0.05, 0.1) is 12.6 Å². The van der Waals surface area contributed by atoms with E-state index < -0.39 is 0 Å². The largest absolute Gasteiger partial charge is 0.380 e. The second kappa shape index (κ2) is 5.75. The van der Waals surface area contributed by atoms with Crippen molar-refractivity contribution in [2.75, 3.05) is 18.5 Å². The van der Waals surface area contributed by atoms with Crippen molar-refractivity contribution in [1.82, 2.24) is 9.55 Å². The van der Waals surface area contributed by atoms with Crippen molar-refractivity contribution in [2.24, 2.45) is 0 Å². The SMILES string of the molecule is CCOCC(C)n1ccnc1NC(C)C. The smallest absolute Gasteiger partial charge is 0.203 e. The lowest BCUT2D eigenvalue weighted by molar-refractivity contribution is 0.119. The molecule has 1 atom stereocenters. The minimum atomic E-state index is 0.314. The fraction of sp³-hybridized carbons (Fsp3) is 0.727. The van der Waals surface area contributed by atoms with Crippen LogP contribution in [0.4, 0.5) is 5.95 Å². The van der Waals surface area contributed by atoms with Crippen LogP contribution in [0.5, 0.6) is 0 Å². The molecule has 1 heterocycles. The van der Waals surface area contributed by atoms with E-state index in [0.717, 1.165) is 19.2 Å². The molecule has 0 aliphatic heterocycles. The Kier molecular flexibility index (Phi) is 4.62. The maximum absolute atomic E-state index is 5.40. The third kappa shape index (κ3) is 3.55. The lowest BCUT2D eigenvalue weighted by atomic mass is 10.3. The number of rotatable bonds is 6. The third-order valence-corrected chi connectivity index (χ3v) is 2.12. The summed E-state index contributed by atoms with van der Waals surface area (Å²) in [5.41, 5.74) is 0. The lowest BCUT2D eigenvalue weighted by Crippen LogP contribution is -2.18. The molecular formula is C11H21N3O. The van der Waals surface area contributed by atoms with Gasteiger partial charge in [0.1, 0.15) is 0 Å². The van der Waals surface area contributed by atoms with Crippen LogP contribution < -0.4 is 5.32 Å². The van der Waals surface area contributed by atoms with Gasteiger partial charge in [-0.3, -0.25) is 0 Å². The summed E-state index contributed by atoms with van der Waals surface area (Å²) in [5, 5.41) is 3.31. The first kappa shape index (κ1) is 12.0. The van der Waals surface area contributed by atoms with Crippen molar-refractivity contribution in [1.29, 1.82) is 0 Å². The third-order valence-electron chi connectivity index (χ3n) is 2.12. The Balaban J connectivity index is 2.62. The maximum Gasteiger partial charge on any atom is 0.203 e. The zero-order valence-corrected chi connectivity index (χ0v) is 10.0. The number of hydrogen-bond acceptors (Lipinski definition) is 3. The van der Waals surface area contributed by atoms with Crippen molar-refractivity contribution in [2.45, 2.75) is 39.8 Å². The molecule has 4 heteroatoms. The minimum absolute atomic E-state index is 0.314. The highest BCUT2D eigenvalue weighted by Crippen LogP contribution is 2.14. The van der Waals surface area contributed by atoms with E-state index in [9.17, 15) is 0 Å². The predicted octanol–water partition coefficient (Wildman–Crippen LogP) is 2.30. The van der Waals surface area contributed by atoms with Crippen LogP contribution in [-0.2, 0) is 4.74 Å². The van der Waals surface area contributed by atoms with Gasteiger partial charge in [0.2, 0.25) is 5.95 Å². The van der Waals surface area contributed by atoms with E-state index >= 15 is 0 Å². The maximum atomic E-state index is 5.40. The molecule has 0 aliphatic carbocycles. The standard InChI is InChI=1S/C11H21N3O/c1-5-15-8-10(4)14-7-6-12-11(14)13-9(2)3/h6-7,9-10H,5,8H2,1-4H3,(H,12,13). The summed E-state index contributed by atoms with van der Waals surface area (Å²) in [4.78, 5) is 4.28. The summed E-state index contributed by atoms with van der Waals surface area (Å²) in [5.74, 6) is 0.914. The minimum Gasteiger partial charge on any atom is -0.380 e. The van der Waals surface area contributed by atoms with Crippen LogP contribution in [-0.4, -0.2) is 28.8 Å². The molecule has 0 radical (unpaired) electrons. The lowest BCUT2D eigenvalue weighted by Gasteiger charge is -2.18. The van der Waals surface area contributed by atoms with Crippen LogP contribution in [0.2, 0.25) is 0 Å². The van der Waals surface area contributed by atoms with Gasteiger partial charge in [0.25, 0.3) is 0 Å². The molecule has 0 aromatic carbocycles. The normalized spacial score (nSPS) is 13.1. The topological polar surface area (TPSA) is 39.1 Å². The molecular weight excluding hydrogens is 190 g/mol. The molecule has 1 aromatic heterocycles. The van der Waals surface area contributed by atoms with Gasteiger partial charge in [-0.1, -0.05) is 0 Å². The molecule has 0 saturated heterocycles. The molecule has 0 saturated carbocycles. The molecule has 15 heavy (non-hydrogen) atoms. The molecule has 4 nitrogen and oxygen atoms in total. The molecule has 0 fully saturated rings. The first-order valence-corrected chi connectivity index (χ1v) is 5.52. The van der Waals surface area contributed by atoms with Crippen LogP contribution in [0.1, 0.15) is 33.7 Å². The zero-order valence-electron chi connectivity index (χ0n) is 10.0. The second-order valence-corrected chi connectivity index (χ2v) is 3.97. The summed E-state index contributed by atoms with van der Waals surface area (Å²) in [6.45, 7) is 9.82. The van der Waals surface area contributed by atoms with Gasteiger partial charge in [0, 0.05) is 25.0 Å². The van der Waals surface area contributed by atoms with E-state index in [0.29, 0.717) is 12.1 Å². The highest BCUT2D eigenvalue weighted by atomic mass is 16.5. The molecule has 86 valence electrons. The number of nitrogens with one attached hydrogen (secondary N) is 1. The van der Waals surface area contributed by atoms with E-state index in [1.807, 2.05) is 19.3 Å². The summed E-state index contributed by atoms with van der Waals surface area (Å²) < 4.78 is 7.51. The second-order valence-electron chi connectivity index (χ2n) is 3.97. The van der Waals surface area contributed by atoms with E-state index in [1.165, 1.54) is 0 Å². The molecule has 0 bridgehead atoms. The van der Waals surface area contributed by atoms with Gasteiger partial charge < -0.3 is 14.6 Å². The monoisotopic (exact) mass is 211 g/mol. The van der Waals surface area contributed by atoms with E-state index in [-0.39, 0.29) is 0 Å². The Hall–Kier alpha value is -1.03. The number of imidazole rings is 1. The summed E-state index contributed by atoms with van der Waals surface area (Å²) in [6.07, 6.45) is 3.79. The van der Waals surface area contributed by atoms with Crippen molar-refractivity contribution in [3.63, 3.8) is 0 Å².